The summed E-state index contributed by atoms with van der Waals surface area (Å²) in [4.78, 5) is 10.2. The smallest absolute Gasteiger partial charge is 0.303 e. The summed E-state index contributed by atoms with van der Waals surface area (Å²) in [6.07, 6.45) is 3.26. The Morgan fingerprint density at radius 1 is 1.38 bits per heavy atom. The second-order valence-electron chi connectivity index (χ2n) is 4.74. The van der Waals surface area contributed by atoms with E-state index in [1.54, 1.807) is 0 Å². The van der Waals surface area contributed by atoms with E-state index in [-0.39, 0.29) is 11.6 Å². The molecule has 0 aromatic heterocycles. The molecule has 94 valence electrons. The van der Waals surface area contributed by atoms with Gasteiger partial charge in [0.1, 0.15) is 5.60 Å². The molecule has 1 aliphatic heterocycles. The zero-order chi connectivity index (χ0) is 12.6. The molecule has 4 nitrogen and oxygen atoms in total. The highest BCUT2D eigenvalue weighted by atomic mass is 16.6. The molecule has 1 heterocycles. The second kappa shape index (κ2) is 7.28. The van der Waals surface area contributed by atoms with Crippen LogP contribution in [0.5, 0.6) is 0 Å². The molecule has 2 N–H and O–H groups in total. The second-order valence-corrected chi connectivity index (χ2v) is 4.74. The number of carbonyl (C=O) groups excluding carboxylic acids is 1. The van der Waals surface area contributed by atoms with E-state index in [2.05, 4.69) is 5.32 Å². The van der Waals surface area contributed by atoms with Crippen molar-refractivity contribution in [1.82, 2.24) is 5.32 Å². The van der Waals surface area contributed by atoms with Crippen LogP contribution in [-0.4, -0.2) is 29.8 Å². The van der Waals surface area contributed by atoms with Gasteiger partial charge in [-0.1, -0.05) is 0 Å². The first-order valence-electron chi connectivity index (χ1n) is 5.57. The predicted octanol–water partition coefficient (Wildman–Crippen LogP) is 2.16. The summed E-state index contributed by atoms with van der Waals surface area (Å²) in [5.41, 5.74) is 0.843. The third kappa shape index (κ3) is 9.52. The molecule has 16 heavy (non-hydrogen) atoms. The molecular weight excluding hydrogens is 206 g/mol. The molecule has 1 fully saturated rings. The van der Waals surface area contributed by atoms with Crippen LogP contribution in [0, 0.1) is 0 Å². The van der Waals surface area contributed by atoms with Crippen LogP contribution in [-0.2, 0) is 9.53 Å². The minimum absolute atomic E-state index is 0.225. The van der Waals surface area contributed by atoms with E-state index < -0.39 is 0 Å². The standard InChI is InChI=1S/C6H11NO.C6H12O2/c8-5-6-1-3-7-4-2-6;1-5(7)8-6(2,3)4/h5,7-8H,1-4H2;1-4H3. The lowest BCUT2D eigenvalue weighted by Gasteiger charge is -2.17. The van der Waals surface area contributed by atoms with Crippen molar-refractivity contribution in [1.29, 1.82) is 0 Å². The Morgan fingerprint density at radius 2 is 1.88 bits per heavy atom. The largest absolute Gasteiger partial charge is 0.516 e. The van der Waals surface area contributed by atoms with E-state index in [4.69, 9.17) is 9.84 Å². The number of nitrogens with one attached hydrogen (secondary N) is 1. The number of hydrogen-bond acceptors (Lipinski definition) is 4. The van der Waals surface area contributed by atoms with Crippen molar-refractivity contribution in [3.05, 3.63) is 11.8 Å². The van der Waals surface area contributed by atoms with Gasteiger partial charge in [0, 0.05) is 6.92 Å². The van der Waals surface area contributed by atoms with E-state index in [1.165, 1.54) is 18.8 Å². The minimum Gasteiger partial charge on any atom is -0.516 e. The highest BCUT2D eigenvalue weighted by Crippen LogP contribution is 2.07. The third-order valence-corrected chi connectivity index (χ3v) is 1.88. The Balaban J connectivity index is 0.000000281. The number of rotatable bonds is 0. The van der Waals surface area contributed by atoms with Crippen LogP contribution >= 0.6 is 0 Å². The highest BCUT2D eigenvalue weighted by Gasteiger charge is 2.11. The molecule has 0 radical (unpaired) electrons. The zero-order valence-electron chi connectivity index (χ0n) is 10.7. The van der Waals surface area contributed by atoms with Crippen molar-refractivity contribution < 1.29 is 14.6 Å². The molecule has 0 amide bonds. The molecule has 4 heteroatoms. The summed E-state index contributed by atoms with van der Waals surface area (Å²) in [6.45, 7) is 8.97. The molecule has 0 aromatic carbocycles. The summed E-state index contributed by atoms with van der Waals surface area (Å²) >= 11 is 0. The van der Waals surface area contributed by atoms with Crippen molar-refractivity contribution in [2.75, 3.05) is 13.1 Å². The first-order chi connectivity index (χ1) is 7.35. The number of hydrogen-bond donors (Lipinski definition) is 2. The summed E-state index contributed by atoms with van der Waals surface area (Å²) in [6, 6.07) is 0. The van der Waals surface area contributed by atoms with Crippen molar-refractivity contribution in [3.63, 3.8) is 0 Å². The van der Waals surface area contributed by atoms with Crippen LogP contribution in [0.25, 0.3) is 0 Å². The molecule has 1 saturated heterocycles. The maximum atomic E-state index is 10.2. The lowest BCUT2D eigenvalue weighted by Crippen LogP contribution is -2.22. The van der Waals surface area contributed by atoms with E-state index in [9.17, 15) is 4.79 Å². The Morgan fingerprint density at radius 3 is 2.06 bits per heavy atom. The van der Waals surface area contributed by atoms with Gasteiger partial charge in [-0.3, -0.25) is 4.79 Å². The van der Waals surface area contributed by atoms with E-state index in [0.717, 1.165) is 25.9 Å². The predicted molar refractivity (Wildman–Crippen MR) is 64.3 cm³/mol. The average Bonchev–Trinajstić information content (AvgIpc) is 2.16. The third-order valence-electron chi connectivity index (χ3n) is 1.88. The van der Waals surface area contributed by atoms with Gasteiger partial charge >= 0.3 is 5.97 Å². The lowest BCUT2D eigenvalue weighted by molar-refractivity contribution is -0.151. The molecule has 0 aromatic rings. The van der Waals surface area contributed by atoms with Gasteiger partial charge in [0.05, 0.1) is 6.26 Å². The highest BCUT2D eigenvalue weighted by molar-refractivity contribution is 5.66. The number of aliphatic hydroxyl groups excluding tert-OH is 1. The monoisotopic (exact) mass is 229 g/mol. The van der Waals surface area contributed by atoms with Crippen LogP contribution in [0.1, 0.15) is 40.5 Å². The Hall–Kier alpha value is -1.03. The average molecular weight is 229 g/mol. The van der Waals surface area contributed by atoms with Crippen LogP contribution < -0.4 is 5.32 Å². The van der Waals surface area contributed by atoms with E-state index in [1.807, 2.05) is 20.8 Å². The molecule has 0 spiro atoms. The topological polar surface area (TPSA) is 58.6 Å². The van der Waals surface area contributed by atoms with Crippen molar-refractivity contribution >= 4 is 5.97 Å². The minimum atomic E-state index is -0.328. The quantitative estimate of drug-likeness (QED) is 0.493. The fourth-order valence-corrected chi connectivity index (χ4v) is 1.31. The van der Waals surface area contributed by atoms with E-state index in [0.29, 0.717) is 0 Å². The Kier molecular flexibility index (Phi) is 6.81. The number of ether oxygens (including phenoxy) is 1. The molecular formula is C12H23NO3. The van der Waals surface area contributed by atoms with Gasteiger partial charge in [0.25, 0.3) is 0 Å². The molecule has 0 unspecified atom stereocenters. The molecule has 0 atom stereocenters. The van der Waals surface area contributed by atoms with E-state index >= 15 is 0 Å². The fraction of sp³-hybridized carbons (Fsp3) is 0.750. The summed E-state index contributed by atoms with van der Waals surface area (Å²) in [7, 11) is 0. The lowest BCUT2D eigenvalue weighted by atomic mass is 10.1. The SMILES string of the molecule is CC(=O)OC(C)(C)C.OC=C1CCNCC1. The number of esters is 1. The van der Waals surface area contributed by atoms with Gasteiger partial charge in [-0.05, 0) is 52.3 Å². The Labute approximate surface area is 97.7 Å². The van der Waals surface area contributed by atoms with Crippen LogP contribution in [0.4, 0.5) is 0 Å². The normalized spacial score (nSPS) is 15.9. The maximum absolute atomic E-state index is 10.2. The first kappa shape index (κ1) is 15.0. The van der Waals surface area contributed by atoms with Gasteiger partial charge in [0.15, 0.2) is 0 Å². The van der Waals surface area contributed by atoms with Gasteiger partial charge in [0.2, 0.25) is 0 Å². The molecule has 1 aliphatic rings. The van der Waals surface area contributed by atoms with Gasteiger partial charge in [-0.15, -0.1) is 0 Å². The summed E-state index contributed by atoms with van der Waals surface area (Å²) in [5, 5.41) is 11.7. The first-order valence-corrected chi connectivity index (χ1v) is 5.57. The van der Waals surface area contributed by atoms with Gasteiger partial charge < -0.3 is 15.2 Å². The number of piperidine rings is 1. The molecule has 0 bridgehead atoms. The van der Waals surface area contributed by atoms with Gasteiger partial charge in [-0.25, -0.2) is 0 Å². The Bertz CT molecular complexity index is 233. The molecule has 0 aliphatic carbocycles. The zero-order valence-corrected chi connectivity index (χ0v) is 10.7. The van der Waals surface area contributed by atoms with Crippen LogP contribution in [0.3, 0.4) is 0 Å². The van der Waals surface area contributed by atoms with Crippen LogP contribution in [0.15, 0.2) is 11.8 Å². The van der Waals surface area contributed by atoms with Crippen molar-refractivity contribution in [2.45, 2.75) is 46.1 Å². The summed E-state index contributed by atoms with van der Waals surface area (Å²) in [5.74, 6) is -0.225. The molecule has 0 saturated carbocycles. The number of aliphatic hydroxyl groups is 1. The number of carbonyl (C=O) groups is 1. The van der Waals surface area contributed by atoms with Gasteiger partial charge in [-0.2, -0.15) is 0 Å². The maximum Gasteiger partial charge on any atom is 0.303 e. The fourth-order valence-electron chi connectivity index (χ4n) is 1.31. The van der Waals surface area contributed by atoms with Crippen molar-refractivity contribution in [3.8, 4) is 0 Å². The van der Waals surface area contributed by atoms with Crippen LogP contribution in [0.2, 0.25) is 0 Å². The summed E-state index contributed by atoms with van der Waals surface area (Å²) < 4.78 is 4.80. The van der Waals surface area contributed by atoms with Crippen molar-refractivity contribution in [2.24, 2.45) is 0 Å². The molecule has 1 rings (SSSR count).